The van der Waals surface area contributed by atoms with Gasteiger partial charge in [0.2, 0.25) is 0 Å². The van der Waals surface area contributed by atoms with E-state index in [0.29, 0.717) is 0 Å². The molecule has 0 amide bonds. The van der Waals surface area contributed by atoms with Crippen molar-refractivity contribution in [2.75, 3.05) is 9.80 Å². The highest BCUT2D eigenvalue weighted by atomic mass is 15.1. The average Bonchev–Trinajstić information content (AvgIpc) is 3.28. The van der Waals surface area contributed by atoms with E-state index in [1.807, 2.05) is 0 Å². The molecule has 0 atom stereocenters. The maximum atomic E-state index is 2.37. The summed E-state index contributed by atoms with van der Waals surface area (Å²) in [6.45, 7) is 13.1. The molecule has 0 fully saturated rings. The predicted octanol–water partition coefficient (Wildman–Crippen LogP) is 16.7. The van der Waals surface area contributed by atoms with Crippen molar-refractivity contribution in [3.05, 3.63) is 238 Å². The molecule has 0 radical (unpaired) electrons. The van der Waals surface area contributed by atoms with Crippen LogP contribution in [0.15, 0.2) is 182 Å². The second-order valence-electron chi connectivity index (χ2n) is 16.1. The van der Waals surface area contributed by atoms with E-state index in [2.05, 4.69) is 258 Å². The molecule has 0 unspecified atom stereocenters. The third kappa shape index (κ3) is 9.35. The molecule has 0 bridgehead atoms. The van der Waals surface area contributed by atoms with Gasteiger partial charge in [0.25, 0.3) is 0 Å². The molecule has 0 heterocycles. The standard InChI is InChI=1S/C59H54N2/c1-7-49-13-10-11-15-51(49)25-19-48-22-32-55(33-23-48)61(59-39-17-43(3)41-46(59)6)57-36-28-53(29-37-57)52-26-34-56(35-27-52)60(58-38-16-42(2)40-45(58)5)54-30-20-47(21-31-54)18-24-50-14-9-8-12-44(50)4/h8-41H,7H2,1-6H3/b24-18+,25-19+. The van der Waals surface area contributed by atoms with Crippen molar-refractivity contribution in [1.82, 2.24) is 0 Å². The van der Waals surface area contributed by atoms with Crippen LogP contribution in [0, 0.1) is 34.6 Å². The molecule has 0 aromatic heterocycles. The van der Waals surface area contributed by atoms with Crippen molar-refractivity contribution in [3.8, 4) is 11.1 Å². The Morgan fingerprint density at radius 2 is 0.754 bits per heavy atom. The van der Waals surface area contributed by atoms with Gasteiger partial charge in [0, 0.05) is 34.1 Å². The molecular weight excluding hydrogens is 737 g/mol. The van der Waals surface area contributed by atoms with Gasteiger partial charge in [-0.25, -0.2) is 0 Å². The molecule has 8 aromatic carbocycles. The van der Waals surface area contributed by atoms with Crippen molar-refractivity contribution in [1.29, 1.82) is 0 Å². The summed E-state index contributed by atoms with van der Waals surface area (Å²) in [6.07, 6.45) is 9.85. The fourth-order valence-corrected chi connectivity index (χ4v) is 8.21. The van der Waals surface area contributed by atoms with Gasteiger partial charge in [-0.15, -0.1) is 0 Å². The van der Waals surface area contributed by atoms with Gasteiger partial charge in [0.1, 0.15) is 0 Å². The highest BCUT2D eigenvalue weighted by Gasteiger charge is 2.17. The van der Waals surface area contributed by atoms with Crippen LogP contribution < -0.4 is 9.80 Å². The third-order valence-corrected chi connectivity index (χ3v) is 11.6. The maximum Gasteiger partial charge on any atom is 0.0490 e. The zero-order valence-electron chi connectivity index (χ0n) is 36.2. The van der Waals surface area contributed by atoms with Gasteiger partial charge in [-0.3, -0.25) is 0 Å². The summed E-state index contributed by atoms with van der Waals surface area (Å²) in [7, 11) is 0. The predicted molar refractivity (Wildman–Crippen MR) is 265 cm³/mol. The fourth-order valence-electron chi connectivity index (χ4n) is 8.21. The molecule has 2 heteroatoms. The summed E-state index contributed by atoms with van der Waals surface area (Å²) in [5.74, 6) is 0. The second kappa shape index (κ2) is 18.4. The van der Waals surface area contributed by atoms with Crippen molar-refractivity contribution >= 4 is 58.4 Å². The van der Waals surface area contributed by atoms with Crippen molar-refractivity contribution in [3.63, 3.8) is 0 Å². The first-order valence-electron chi connectivity index (χ1n) is 21.4. The normalized spacial score (nSPS) is 11.4. The van der Waals surface area contributed by atoms with E-state index >= 15 is 0 Å². The lowest BCUT2D eigenvalue weighted by Gasteiger charge is -2.28. The quantitative estimate of drug-likeness (QED) is 0.114. The van der Waals surface area contributed by atoms with E-state index in [0.717, 1.165) is 29.2 Å². The Labute approximate surface area is 363 Å². The third-order valence-electron chi connectivity index (χ3n) is 11.6. The summed E-state index contributed by atoms with van der Waals surface area (Å²) in [4.78, 5) is 4.73. The molecule has 0 aliphatic carbocycles. The number of aryl methyl sites for hydroxylation is 6. The lowest BCUT2D eigenvalue weighted by molar-refractivity contribution is 1.13. The number of benzene rings is 8. The first-order valence-corrected chi connectivity index (χ1v) is 21.4. The Bertz CT molecular complexity index is 2810. The van der Waals surface area contributed by atoms with Gasteiger partial charge in [-0.2, -0.15) is 0 Å². The lowest BCUT2D eigenvalue weighted by atomic mass is 10.0. The highest BCUT2D eigenvalue weighted by Crippen LogP contribution is 2.40. The molecule has 0 aliphatic heterocycles. The topological polar surface area (TPSA) is 6.48 Å². The number of hydrogen-bond acceptors (Lipinski definition) is 2. The van der Waals surface area contributed by atoms with Crippen LogP contribution in [0.2, 0.25) is 0 Å². The largest absolute Gasteiger partial charge is 0.310 e. The number of nitrogens with zero attached hydrogens (tertiary/aromatic N) is 2. The Morgan fingerprint density at radius 1 is 0.361 bits per heavy atom. The molecule has 0 aliphatic rings. The fraction of sp³-hybridized carbons (Fsp3) is 0.119. The summed E-state index contributed by atoms with van der Waals surface area (Å²) in [6, 6.07) is 66.2. The molecule has 0 spiro atoms. The van der Waals surface area contributed by atoms with Crippen LogP contribution in [-0.4, -0.2) is 0 Å². The molecule has 0 saturated carbocycles. The summed E-state index contributed by atoms with van der Waals surface area (Å²) >= 11 is 0. The van der Waals surface area contributed by atoms with E-state index in [1.165, 1.54) is 78.1 Å². The minimum absolute atomic E-state index is 1.02. The Hall–Kier alpha value is -7.16. The van der Waals surface area contributed by atoms with Crippen LogP contribution in [0.25, 0.3) is 35.4 Å². The van der Waals surface area contributed by atoms with Gasteiger partial charge in [-0.05, 0) is 157 Å². The van der Waals surface area contributed by atoms with Gasteiger partial charge in [-0.1, -0.05) is 164 Å². The molecule has 61 heavy (non-hydrogen) atoms. The van der Waals surface area contributed by atoms with Crippen molar-refractivity contribution < 1.29 is 0 Å². The average molecular weight is 791 g/mol. The summed E-state index contributed by atoms with van der Waals surface area (Å²) < 4.78 is 0. The Balaban J connectivity index is 1.07. The van der Waals surface area contributed by atoms with E-state index in [1.54, 1.807) is 0 Å². The van der Waals surface area contributed by atoms with E-state index < -0.39 is 0 Å². The highest BCUT2D eigenvalue weighted by molar-refractivity contribution is 5.83. The first kappa shape index (κ1) is 40.6. The van der Waals surface area contributed by atoms with Crippen molar-refractivity contribution in [2.45, 2.75) is 48.0 Å². The minimum atomic E-state index is 1.02. The Morgan fingerprint density at radius 3 is 1.18 bits per heavy atom. The number of hydrogen-bond donors (Lipinski definition) is 0. The minimum Gasteiger partial charge on any atom is -0.310 e. The maximum absolute atomic E-state index is 2.37. The van der Waals surface area contributed by atoms with Gasteiger partial charge >= 0.3 is 0 Å². The van der Waals surface area contributed by atoms with E-state index in [4.69, 9.17) is 0 Å². The van der Waals surface area contributed by atoms with Crippen LogP contribution in [0.4, 0.5) is 34.1 Å². The second-order valence-corrected chi connectivity index (χ2v) is 16.1. The molecule has 8 rings (SSSR count). The first-order chi connectivity index (χ1) is 29.7. The molecule has 0 N–H and O–H groups in total. The SMILES string of the molecule is CCc1ccccc1/C=C/c1ccc(N(c2ccc(-c3ccc(N(c4ccc(/C=C/c5ccccc5C)cc4)c4ccc(C)cc4C)cc3)cc2)c2ccc(C)cc2C)cc1. The monoisotopic (exact) mass is 790 g/mol. The zero-order valence-corrected chi connectivity index (χ0v) is 36.2. The number of rotatable bonds is 12. The van der Waals surface area contributed by atoms with Gasteiger partial charge < -0.3 is 9.80 Å². The number of anilines is 6. The van der Waals surface area contributed by atoms with Crippen LogP contribution >= 0.6 is 0 Å². The molecular formula is C59H54N2. The summed E-state index contributed by atoms with van der Waals surface area (Å²) in [5, 5.41) is 0. The molecule has 8 aromatic rings. The van der Waals surface area contributed by atoms with Gasteiger partial charge in [0.05, 0.1) is 0 Å². The van der Waals surface area contributed by atoms with Crippen LogP contribution in [-0.2, 0) is 6.42 Å². The molecule has 300 valence electrons. The van der Waals surface area contributed by atoms with Crippen LogP contribution in [0.1, 0.15) is 62.6 Å². The van der Waals surface area contributed by atoms with Gasteiger partial charge in [0.15, 0.2) is 0 Å². The van der Waals surface area contributed by atoms with Crippen molar-refractivity contribution in [2.24, 2.45) is 0 Å². The lowest BCUT2D eigenvalue weighted by Crippen LogP contribution is -2.11. The van der Waals surface area contributed by atoms with E-state index in [9.17, 15) is 0 Å². The smallest absolute Gasteiger partial charge is 0.0490 e. The van der Waals surface area contributed by atoms with Crippen LogP contribution in [0.3, 0.4) is 0 Å². The van der Waals surface area contributed by atoms with E-state index in [-0.39, 0.29) is 0 Å². The molecule has 0 saturated heterocycles. The molecule has 2 nitrogen and oxygen atoms in total. The zero-order chi connectivity index (χ0) is 42.3. The Kier molecular flexibility index (Phi) is 12.3. The van der Waals surface area contributed by atoms with Crippen LogP contribution in [0.5, 0.6) is 0 Å². The summed E-state index contributed by atoms with van der Waals surface area (Å²) in [5.41, 5.74) is 21.6.